The maximum Gasteiger partial charge on any atom is 0.332 e. The third-order valence-corrected chi connectivity index (χ3v) is 2.82. The lowest BCUT2D eigenvalue weighted by atomic mass is 10.2. The first-order valence-corrected chi connectivity index (χ1v) is 5.64. The van der Waals surface area contributed by atoms with Crippen LogP contribution in [0.25, 0.3) is 11.2 Å². The van der Waals surface area contributed by atoms with Crippen LogP contribution in [-0.4, -0.2) is 24.9 Å². The quantitative estimate of drug-likeness (QED) is 0.813. The first-order valence-electron chi connectivity index (χ1n) is 5.64. The van der Waals surface area contributed by atoms with Crippen molar-refractivity contribution >= 4 is 16.9 Å². The molecule has 0 atom stereocenters. The first-order chi connectivity index (χ1) is 8.52. The Morgan fingerprint density at radius 3 is 2.83 bits per heavy atom. The lowest BCUT2D eigenvalue weighted by Crippen LogP contribution is -2.39. The lowest BCUT2D eigenvalue weighted by Gasteiger charge is -2.06. The zero-order valence-electron chi connectivity index (χ0n) is 10.3. The molecule has 2 aromatic rings. The van der Waals surface area contributed by atoms with Crippen molar-refractivity contribution in [3.63, 3.8) is 0 Å². The Kier molecular flexibility index (Phi) is 3.14. The molecule has 7 nitrogen and oxygen atoms in total. The molecular formula is C11H14N4O3. The Morgan fingerprint density at radius 2 is 2.17 bits per heavy atom. The highest BCUT2D eigenvalue weighted by Gasteiger charge is 2.12. The summed E-state index contributed by atoms with van der Waals surface area (Å²) in [6.45, 7) is 1.72. The van der Waals surface area contributed by atoms with E-state index >= 15 is 0 Å². The number of hydrogen-bond acceptors (Lipinski definition) is 4. The van der Waals surface area contributed by atoms with Gasteiger partial charge in [-0.2, -0.15) is 0 Å². The van der Waals surface area contributed by atoms with E-state index in [2.05, 4.69) is 9.97 Å². The zero-order chi connectivity index (χ0) is 13.3. The highest BCUT2D eigenvalue weighted by molar-refractivity contribution is 5.75. The fraction of sp³-hybridized carbons (Fsp3) is 0.455. The predicted molar refractivity (Wildman–Crippen MR) is 65.5 cm³/mol. The van der Waals surface area contributed by atoms with Crippen molar-refractivity contribution in [1.82, 2.24) is 19.1 Å². The first kappa shape index (κ1) is 12.3. The summed E-state index contributed by atoms with van der Waals surface area (Å²) in [5, 5.41) is 0. The number of aromatic nitrogens is 4. The van der Waals surface area contributed by atoms with Crippen molar-refractivity contribution in [2.75, 3.05) is 0 Å². The molecule has 1 N–H and O–H groups in total. The molecule has 0 fully saturated rings. The normalized spacial score (nSPS) is 11.0. The standard InChI is InChI=1S/C11H14N4O3/c1-7(16)4-3-5-15-10(17)8-9(13-6-12-8)14(2)11(15)18/h6H,3-5H2,1-2H3,(H,12,13). The Morgan fingerprint density at radius 1 is 1.44 bits per heavy atom. The Bertz CT molecular complexity index is 707. The van der Waals surface area contributed by atoms with Crippen molar-refractivity contribution in [3.8, 4) is 0 Å². The molecule has 7 heteroatoms. The molecule has 0 radical (unpaired) electrons. The van der Waals surface area contributed by atoms with Crippen molar-refractivity contribution in [2.24, 2.45) is 7.05 Å². The number of rotatable bonds is 4. The molecule has 0 saturated heterocycles. The number of Topliss-reactive ketones (excluding diaryl/α,β-unsaturated/α-hetero) is 1. The lowest BCUT2D eigenvalue weighted by molar-refractivity contribution is -0.117. The molecule has 2 heterocycles. The topological polar surface area (TPSA) is 89.8 Å². The Labute approximate surface area is 102 Å². The largest absolute Gasteiger partial charge is 0.339 e. The van der Waals surface area contributed by atoms with Crippen LogP contribution in [-0.2, 0) is 18.4 Å². The smallest absolute Gasteiger partial charge is 0.332 e. The molecule has 0 spiro atoms. The average Bonchev–Trinajstić information content (AvgIpc) is 2.79. The minimum absolute atomic E-state index is 0.0440. The SMILES string of the molecule is CC(=O)CCCn1c(=O)c2[nH]cnc2n(C)c1=O. The van der Waals surface area contributed by atoms with E-state index in [1.807, 2.05) is 0 Å². The van der Waals surface area contributed by atoms with E-state index < -0.39 is 11.2 Å². The van der Waals surface area contributed by atoms with Gasteiger partial charge in [-0.05, 0) is 13.3 Å². The summed E-state index contributed by atoms with van der Waals surface area (Å²) in [6, 6.07) is 0. The molecule has 96 valence electrons. The minimum Gasteiger partial charge on any atom is -0.339 e. The number of aromatic amines is 1. The number of ketones is 1. The summed E-state index contributed by atoms with van der Waals surface area (Å²) >= 11 is 0. The number of carbonyl (C=O) groups excluding carboxylic acids is 1. The van der Waals surface area contributed by atoms with E-state index in [9.17, 15) is 14.4 Å². The van der Waals surface area contributed by atoms with E-state index in [0.717, 1.165) is 4.57 Å². The summed E-state index contributed by atoms with van der Waals surface area (Å²) in [5.41, 5.74) is -0.162. The number of aryl methyl sites for hydroxylation is 1. The van der Waals surface area contributed by atoms with E-state index in [4.69, 9.17) is 0 Å². The second kappa shape index (κ2) is 4.59. The summed E-state index contributed by atoms with van der Waals surface area (Å²) < 4.78 is 2.45. The van der Waals surface area contributed by atoms with Gasteiger partial charge in [0, 0.05) is 20.0 Å². The van der Waals surface area contributed by atoms with Crippen molar-refractivity contribution < 1.29 is 4.79 Å². The van der Waals surface area contributed by atoms with Gasteiger partial charge in [0.2, 0.25) is 0 Å². The fourth-order valence-corrected chi connectivity index (χ4v) is 1.88. The van der Waals surface area contributed by atoms with Crippen LogP contribution in [0.2, 0.25) is 0 Å². The minimum atomic E-state index is -0.414. The zero-order valence-corrected chi connectivity index (χ0v) is 10.3. The maximum atomic E-state index is 12.0. The molecule has 2 aromatic heterocycles. The van der Waals surface area contributed by atoms with Crippen LogP contribution in [0.15, 0.2) is 15.9 Å². The molecule has 0 unspecified atom stereocenters. The van der Waals surface area contributed by atoms with Crippen LogP contribution in [0.5, 0.6) is 0 Å². The summed E-state index contributed by atoms with van der Waals surface area (Å²) in [6.07, 6.45) is 2.21. The van der Waals surface area contributed by atoms with E-state index in [1.165, 1.54) is 17.8 Å². The van der Waals surface area contributed by atoms with Crippen LogP contribution < -0.4 is 11.2 Å². The van der Waals surface area contributed by atoms with Crippen molar-refractivity contribution in [1.29, 1.82) is 0 Å². The van der Waals surface area contributed by atoms with Crippen LogP contribution >= 0.6 is 0 Å². The van der Waals surface area contributed by atoms with Gasteiger partial charge in [0.15, 0.2) is 5.65 Å². The maximum absolute atomic E-state index is 12.0. The number of hydrogen-bond donors (Lipinski definition) is 1. The number of H-pyrrole nitrogens is 1. The third kappa shape index (κ3) is 1.99. The number of carbonyl (C=O) groups is 1. The summed E-state index contributed by atoms with van der Waals surface area (Å²) in [4.78, 5) is 41.5. The van der Waals surface area contributed by atoms with Gasteiger partial charge in [-0.3, -0.25) is 13.9 Å². The number of fused-ring (bicyclic) bond motifs is 1. The van der Waals surface area contributed by atoms with Gasteiger partial charge in [-0.1, -0.05) is 0 Å². The molecule has 18 heavy (non-hydrogen) atoms. The molecule has 0 aliphatic heterocycles. The molecule has 0 amide bonds. The molecular weight excluding hydrogens is 236 g/mol. The fourth-order valence-electron chi connectivity index (χ4n) is 1.88. The van der Waals surface area contributed by atoms with E-state index in [-0.39, 0.29) is 12.3 Å². The third-order valence-electron chi connectivity index (χ3n) is 2.82. The van der Waals surface area contributed by atoms with Gasteiger partial charge < -0.3 is 9.78 Å². The summed E-state index contributed by atoms with van der Waals surface area (Å²) in [7, 11) is 1.56. The molecule has 0 aromatic carbocycles. The molecule has 0 aliphatic carbocycles. The van der Waals surface area contributed by atoms with Crippen LogP contribution in [0.1, 0.15) is 19.8 Å². The van der Waals surface area contributed by atoms with E-state index in [0.29, 0.717) is 24.0 Å². The van der Waals surface area contributed by atoms with Crippen LogP contribution in [0, 0.1) is 0 Å². The number of nitrogens with zero attached hydrogens (tertiary/aromatic N) is 3. The molecule has 0 saturated carbocycles. The Hall–Kier alpha value is -2.18. The Balaban J connectivity index is 2.47. The summed E-state index contributed by atoms with van der Waals surface area (Å²) in [5.74, 6) is 0.0440. The number of nitrogens with one attached hydrogen (secondary N) is 1. The van der Waals surface area contributed by atoms with Gasteiger partial charge in [0.25, 0.3) is 5.56 Å². The molecule has 2 rings (SSSR count). The van der Waals surface area contributed by atoms with Gasteiger partial charge in [0.05, 0.1) is 6.33 Å². The average molecular weight is 250 g/mol. The second-order valence-corrected chi connectivity index (χ2v) is 4.21. The van der Waals surface area contributed by atoms with E-state index in [1.54, 1.807) is 7.05 Å². The predicted octanol–water partition coefficient (Wildman–Crippen LogP) is -0.207. The number of imidazole rings is 1. The van der Waals surface area contributed by atoms with Crippen molar-refractivity contribution in [3.05, 3.63) is 27.2 Å². The highest BCUT2D eigenvalue weighted by Crippen LogP contribution is 2.00. The second-order valence-electron chi connectivity index (χ2n) is 4.21. The van der Waals surface area contributed by atoms with Crippen LogP contribution in [0.4, 0.5) is 0 Å². The van der Waals surface area contributed by atoms with Crippen molar-refractivity contribution in [2.45, 2.75) is 26.3 Å². The van der Waals surface area contributed by atoms with Gasteiger partial charge in [-0.15, -0.1) is 0 Å². The highest BCUT2D eigenvalue weighted by atomic mass is 16.2. The van der Waals surface area contributed by atoms with Gasteiger partial charge in [-0.25, -0.2) is 9.78 Å². The van der Waals surface area contributed by atoms with Gasteiger partial charge >= 0.3 is 5.69 Å². The monoisotopic (exact) mass is 250 g/mol. The molecule has 0 bridgehead atoms. The van der Waals surface area contributed by atoms with Crippen LogP contribution in [0.3, 0.4) is 0 Å². The molecule has 0 aliphatic rings. The van der Waals surface area contributed by atoms with Gasteiger partial charge in [0.1, 0.15) is 11.3 Å².